The molecule has 1 N–H and O–H groups in total. The van der Waals surface area contributed by atoms with Crippen molar-refractivity contribution in [2.24, 2.45) is 5.41 Å². The third-order valence-corrected chi connectivity index (χ3v) is 3.73. The number of aryl methyl sites for hydroxylation is 1. The summed E-state index contributed by atoms with van der Waals surface area (Å²) in [6.45, 7) is 12.4. The summed E-state index contributed by atoms with van der Waals surface area (Å²) >= 11 is 0. The molecule has 1 nitrogen and oxygen atoms in total. The van der Waals surface area contributed by atoms with Crippen LogP contribution in [0.3, 0.4) is 0 Å². The lowest BCUT2D eigenvalue weighted by Gasteiger charge is -2.26. The van der Waals surface area contributed by atoms with E-state index in [2.05, 4.69) is 64.2 Å². The van der Waals surface area contributed by atoms with Gasteiger partial charge in [-0.3, -0.25) is 0 Å². The van der Waals surface area contributed by atoms with Gasteiger partial charge in [0.25, 0.3) is 0 Å². The van der Waals surface area contributed by atoms with E-state index in [1.807, 2.05) is 0 Å². The van der Waals surface area contributed by atoms with Crippen LogP contribution in [-0.4, -0.2) is 6.54 Å². The number of hydrogen-bond donors (Lipinski definition) is 1. The van der Waals surface area contributed by atoms with Crippen molar-refractivity contribution in [2.45, 2.75) is 53.5 Å². The molecule has 0 aromatic heterocycles. The fourth-order valence-corrected chi connectivity index (χ4v) is 1.71. The molecule has 96 valence electrons. The Bertz CT molecular complexity index is 324. The lowest BCUT2D eigenvalue weighted by atomic mass is 9.90. The Kier molecular flexibility index (Phi) is 5.20. The Hall–Kier alpha value is -0.820. The molecule has 1 atom stereocenters. The summed E-state index contributed by atoms with van der Waals surface area (Å²) in [6.07, 6.45) is 2.33. The van der Waals surface area contributed by atoms with Gasteiger partial charge in [-0.1, -0.05) is 52.0 Å². The molecule has 0 bridgehead atoms. The van der Waals surface area contributed by atoms with Gasteiger partial charge in [-0.25, -0.2) is 0 Å². The van der Waals surface area contributed by atoms with Gasteiger partial charge in [0.05, 0.1) is 0 Å². The first-order chi connectivity index (χ1) is 7.98. The van der Waals surface area contributed by atoms with Crippen LogP contribution in [-0.2, 0) is 6.42 Å². The molecule has 0 aliphatic rings. The minimum Gasteiger partial charge on any atom is -0.310 e. The molecule has 17 heavy (non-hydrogen) atoms. The zero-order valence-electron chi connectivity index (χ0n) is 12.0. The molecule has 0 spiro atoms. The standard InChI is InChI=1S/C16H27N/c1-6-14-8-10-15(11-9-14)13(3)17-12-16(4,5)7-2/h8-11,13,17H,6-7,12H2,1-5H3. The van der Waals surface area contributed by atoms with E-state index in [-0.39, 0.29) is 0 Å². The SMILES string of the molecule is CCc1ccc(C(C)NCC(C)(C)CC)cc1. The van der Waals surface area contributed by atoms with E-state index in [9.17, 15) is 0 Å². The van der Waals surface area contributed by atoms with Crippen LogP contribution in [0.4, 0.5) is 0 Å². The summed E-state index contributed by atoms with van der Waals surface area (Å²) in [6, 6.07) is 9.40. The van der Waals surface area contributed by atoms with E-state index in [1.165, 1.54) is 17.5 Å². The Labute approximate surface area is 107 Å². The van der Waals surface area contributed by atoms with Gasteiger partial charge in [-0.05, 0) is 36.3 Å². The number of hydrogen-bond acceptors (Lipinski definition) is 1. The van der Waals surface area contributed by atoms with Gasteiger partial charge in [0.15, 0.2) is 0 Å². The topological polar surface area (TPSA) is 12.0 Å². The first-order valence-corrected chi connectivity index (χ1v) is 6.80. The molecule has 1 rings (SSSR count). The third-order valence-electron chi connectivity index (χ3n) is 3.73. The molecule has 0 radical (unpaired) electrons. The first kappa shape index (κ1) is 14.2. The van der Waals surface area contributed by atoms with Crippen LogP contribution in [0.25, 0.3) is 0 Å². The van der Waals surface area contributed by atoms with Crippen LogP contribution in [0.15, 0.2) is 24.3 Å². The molecular weight excluding hydrogens is 206 g/mol. The lowest BCUT2D eigenvalue weighted by molar-refractivity contribution is 0.314. The van der Waals surface area contributed by atoms with Crippen LogP contribution in [0.1, 0.15) is 58.2 Å². The first-order valence-electron chi connectivity index (χ1n) is 6.80. The summed E-state index contributed by atoms with van der Waals surface area (Å²) in [4.78, 5) is 0. The van der Waals surface area contributed by atoms with E-state index in [1.54, 1.807) is 0 Å². The summed E-state index contributed by atoms with van der Waals surface area (Å²) in [5.41, 5.74) is 3.18. The highest BCUT2D eigenvalue weighted by molar-refractivity contribution is 5.24. The van der Waals surface area contributed by atoms with Gasteiger partial charge in [-0.2, -0.15) is 0 Å². The molecule has 0 amide bonds. The quantitative estimate of drug-likeness (QED) is 0.771. The van der Waals surface area contributed by atoms with Crippen molar-refractivity contribution < 1.29 is 0 Å². The van der Waals surface area contributed by atoms with Gasteiger partial charge < -0.3 is 5.32 Å². The van der Waals surface area contributed by atoms with E-state index < -0.39 is 0 Å². The molecule has 0 saturated heterocycles. The Morgan fingerprint density at radius 2 is 1.71 bits per heavy atom. The second-order valence-corrected chi connectivity index (χ2v) is 5.72. The maximum atomic E-state index is 3.63. The molecule has 1 aromatic carbocycles. The Balaban J connectivity index is 2.54. The molecule has 0 heterocycles. The number of rotatable bonds is 6. The molecule has 1 heteroatoms. The zero-order chi connectivity index (χ0) is 12.9. The number of nitrogens with one attached hydrogen (secondary N) is 1. The van der Waals surface area contributed by atoms with Crippen molar-refractivity contribution in [3.05, 3.63) is 35.4 Å². The highest BCUT2D eigenvalue weighted by Crippen LogP contribution is 2.20. The fourth-order valence-electron chi connectivity index (χ4n) is 1.71. The van der Waals surface area contributed by atoms with Crippen LogP contribution in [0, 0.1) is 5.41 Å². The molecule has 0 aliphatic carbocycles. The van der Waals surface area contributed by atoms with Crippen LogP contribution in [0.5, 0.6) is 0 Å². The zero-order valence-corrected chi connectivity index (χ0v) is 12.0. The predicted octanol–water partition coefficient (Wildman–Crippen LogP) is 4.34. The maximum Gasteiger partial charge on any atom is 0.0292 e. The molecule has 0 aliphatic heterocycles. The van der Waals surface area contributed by atoms with Gasteiger partial charge >= 0.3 is 0 Å². The van der Waals surface area contributed by atoms with Crippen molar-refractivity contribution in [2.75, 3.05) is 6.54 Å². The normalized spacial score (nSPS) is 13.7. The van der Waals surface area contributed by atoms with Crippen LogP contribution in [0.2, 0.25) is 0 Å². The summed E-state index contributed by atoms with van der Waals surface area (Å²) in [7, 11) is 0. The van der Waals surface area contributed by atoms with Crippen LogP contribution >= 0.6 is 0 Å². The van der Waals surface area contributed by atoms with Gasteiger partial charge in [0.2, 0.25) is 0 Å². The number of benzene rings is 1. The largest absolute Gasteiger partial charge is 0.310 e. The van der Waals surface area contributed by atoms with Crippen molar-refractivity contribution >= 4 is 0 Å². The molecule has 1 unspecified atom stereocenters. The van der Waals surface area contributed by atoms with Crippen molar-refractivity contribution in [3.63, 3.8) is 0 Å². The van der Waals surface area contributed by atoms with E-state index in [0.29, 0.717) is 11.5 Å². The fraction of sp³-hybridized carbons (Fsp3) is 0.625. The van der Waals surface area contributed by atoms with Crippen molar-refractivity contribution in [1.29, 1.82) is 0 Å². The van der Waals surface area contributed by atoms with Crippen LogP contribution < -0.4 is 5.32 Å². The molecule has 1 aromatic rings. The van der Waals surface area contributed by atoms with Gasteiger partial charge in [-0.15, -0.1) is 0 Å². The van der Waals surface area contributed by atoms with E-state index in [4.69, 9.17) is 0 Å². The minimum atomic E-state index is 0.387. The van der Waals surface area contributed by atoms with E-state index >= 15 is 0 Å². The lowest BCUT2D eigenvalue weighted by Crippen LogP contribution is -2.30. The third kappa shape index (κ3) is 4.51. The van der Waals surface area contributed by atoms with E-state index in [0.717, 1.165) is 13.0 Å². The predicted molar refractivity (Wildman–Crippen MR) is 76.3 cm³/mol. The Morgan fingerprint density at radius 3 is 2.18 bits per heavy atom. The summed E-state index contributed by atoms with van der Waals surface area (Å²) in [5.74, 6) is 0. The Morgan fingerprint density at radius 1 is 1.12 bits per heavy atom. The molecule has 0 fully saturated rings. The maximum absolute atomic E-state index is 3.63. The van der Waals surface area contributed by atoms with Gasteiger partial charge in [0, 0.05) is 12.6 Å². The molecular formula is C16H27N. The van der Waals surface area contributed by atoms with Gasteiger partial charge in [0.1, 0.15) is 0 Å². The highest BCUT2D eigenvalue weighted by Gasteiger charge is 2.16. The molecule has 0 saturated carbocycles. The summed E-state index contributed by atoms with van der Waals surface area (Å²) < 4.78 is 0. The van der Waals surface area contributed by atoms with Crippen molar-refractivity contribution in [1.82, 2.24) is 5.32 Å². The summed E-state index contributed by atoms with van der Waals surface area (Å²) in [5, 5.41) is 3.63. The second-order valence-electron chi connectivity index (χ2n) is 5.72. The minimum absolute atomic E-state index is 0.387. The van der Waals surface area contributed by atoms with Crippen molar-refractivity contribution in [3.8, 4) is 0 Å². The smallest absolute Gasteiger partial charge is 0.0292 e. The highest BCUT2D eigenvalue weighted by atomic mass is 14.9. The second kappa shape index (κ2) is 6.20. The monoisotopic (exact) mass is 233 g/mol. The average molecular weight is 233 g/mol. The average Bonchev–Trinajstić information content (AvgIpc) is 2.36.